The summed E-state index contributed by atoms with van der Waals surface area (Å²) in [5.74, 6) is -1.28. The number of hydrogen-bond acceptors (Lipinski definition) is 4. The van der Waals surface area contributed by atoms with Crippen molar-refractivity contribution in [1.29, 1.82) is 0 Å². The fourth-order valence-electron chi connectivity index (χ4n) is 3.90. The van der Waals surface area contributed by atoms with Gasteiger partial charge < -0.3 is 10.6 Å². The Bertz CT molecular complexity index is 1110. The van der Waals surface area contributed by atoms with Gasteiger partial charge in [-0.25, -0.2) is 4.39 Å². The second kappa shape index (κ2) is 11.3. The lowest BCUT2D eigenvalue weighted by Gasteiger charge is -2.34. The number of amides is 2. The molecule has 1 heterocycles. The molecule has 2 aromatic carbocycles. The van der Waals surface area contributed by atoms with Crippen molar-refractivity contribution in [3.8, 4) is 0 Å². The number of hydrogen-bond donors (Lipinski definition) is 3. The van der Waals surface area contributed by atoms with Crippen molar-refractivity contribution in [3.63, 3.8) is 0 Å². The van der Waals surface area contributed by atoms with Gasteiger partial charge in [0.1, 0.15) is 11.9 Å². The van der Waals surface area contributed by atoms with Crippen LogP contribution in [-0.2, 0) is 21.4 Å². The summed E-state index contributed by atoms with van der Waals surface area (Å²) in [6.45, 7) is 5.91. The van der Waals surface area contributed by atoms with Gasteiger partial charge >= 0.3 is 0 Å². The second-order valence-electron chi connectivity index (χ2n) is 9.76. The van der Waals surface area contributed by atoms with Crippen LogP contribution in [0.25, 0.3) is 0 Å². The largest absolute Gasteiger partial charge is 0.351 e. The van der Waals surface area contributed by atoms with Gasteiger partial charge in [-0.1, -0.05) is 30.3 Å². The first-order chi connectivity index (χ1) is 16.4. The highest BCUT2D eigenvalue weighted by molar-refractivity contribution is 7.87. The van der Waals surface area contributed by atoms with Crippen molar-refractivity contribution in [2.24, 2.45) is 0 Å². The summed E-state index contributed by atoms with van der Waals surface area (Å²) in [4.78, 5) is 25.9. The molecule has 3 rings (SSSR count). The molecular weight excluding hydrogens is 471 g/mol. The molecule has 0 saturated carbocycles. The molecular formula is C25H33FN4O4S. The molecule has 0 radical (unpaired) electrons. The monoisotopic (exact) mass is 504 g/mol. The van der Waals surface area contributed by atoms with E-state index in [0.29, 0.717) is 12.8 Å². The first-order valence-electron chi connectivity index (χ1n) is 11.6. The Morgan fingerprint density at radius 1 is 1.03 bits per heavy atom. The molecule has 8 nitrogen and oxygen atoms in total. The van der Waals surface area contributed by atoms with Crippen LogP contribution in [0.3, 0.4) is 0 Å². The van der Waals surface area contributed by atoms with Crippen LogP contribution in [0, 0.1) is 5.82 Å². The van der Waals surface area contributed by atoms with Crippen LogP contribution in [0.1, 0.15) is 49.5 Å². The van der Waals surface area contributed by atoms with Crippen LogP contribution >= 0.6 is 0 Å². The lowest BCUT2D eigenvalue weighted by Crippen LogP contribution is -2.55. The lowest BCUT2D eigenvalue weighted by molar-refractivity contribution is -0.123. The molecule has 1 aliphatic rings. The van der Waals surface area contributed by atoms with E-state index in [1.54, 1.807) is 20.8 Å². The van der Waals surface area contributed by atoms with E-state index in [1.165, 1.54) is 28.6 Å². The Balaban J connectivity index is 1.64. The minimum Gasteiger partial charge on any atom is -0.351 e. The van der Waals surface area contributed by atoms with Crippen LogP contribution in [0.15, 0.2) is 54.6 Å². The molecule has 0 aliphatic carbocycles. The maximum atomic E-state index is 13.2. The normalized spacial score (nSPS) is 16.5. The third-order valence-electron chi connectivity index (χ3n) is 5.59. The summed E-state index contributed by atoms with van der Waals surface area (Å²) < 4.78 is 42.4. The Morgan fingerprint density at radius 3 is 2.20 bits per heavy atom. The molecule has 0 unspecified atom stereocenters. The number of nitrogens with one attached hydrogen (secondary N) is 3. The summed E-state index contributed by atoms with van der Waals surface area (Å²) in [6.07, 6.45) is 1.20. The predicted octanol–water partition coefficient (Wildman–Crippen LogP) is 2.38. The number of carbonyl (C=O) groups excluding carboxylic acids is 2. The predicted molar refractivity (Wildman–Crippen MR) is 132 cm³/mol. The molecule has 35 heavy (non-hydrogen) atoms. The summed E-state index contributed by atoms with van der Waals surface area (Å²) >= 11 is 0. The molecule has 1 atom stereocenters. The highest BCUT2D eigenvalue weighted by Gasteiger charge is 2.32. The number of rotatable bonds is 8. The van der Waals surface area contributed by atoms with Gasteiger partial charge in [0.2, 0.25) is 5.91 Å². The third-order valence-corrected chi connectivity index (χ3v) is 7.50. The Kier molecular flexibility index (Phi) is 8.63. The van der Waals surface area contributed by atoms with Crippen molar-refractivity contribution < 1.29 is 22.4 Å². The van der Waals surface area contributed by atoms with Gasteiger partial charge in [0.15, 0.2) is 0 Å². The lowest BCUT2D eigenvalue weighted by atomic mass is 10.0. The van der Waals surface area contributed by atoms with E-state index >= 15 is 0 Å². The van der Waals surface area contributed by atoms with E-state index < -0.39 is 33.5 Å². The minimum atomic E-state index is -3.61. The molecule has 2 aromatic rings. The maximum absolute atomic E-state index is 13.2. The molecule has 1 saturated heterocycles. The van der Waals surface area contributed by atoms with E-state index in [-0.39, 0.29) is 37.0 Å². The highest BCUT2D eigenvalue weighted by Crippen LogP contribution is 2.16. The zero-order chi connectivity index (χ0) is 25.6. The van der Waals surface area contributed by atoms with Crippen molar-refractivity contribution in [3.05, 3.63) is 71.5 Å². The van der Waals surface area contributed by atoms with Gasteiger partial charge in [-0.05, 0) is 63.4 Å². The highest BCUT2D eigenvalue weighted by atomic mass is 32.2. The van der Waals surface area contributed by atoms with E-state index in [4.69, 9.17) is 0 Å². The van der Waals surface area contributed by atoms with Gasteiger partial charge in [-0.2, -0.15) is 17.4 Å². The van der Waals surface area contributed by atoms with Gasteiger partial charge in [0.25, 0.3) is 16.1 Å². The molecule has 190 valence electrons. The molecule has 1 fully saturated rings. The fraction of sp³-hybridized carbons (Fsp3) is 0.440. The van der Waals surface area contributed by atoms with Crippen molar-refractivity contribution in [2.45, 2.75) is 57.7 Å². The fourth-order valence-corrected chi connectivity index (χ4v) is 5.49. The van der Waals surface area contributed by atoms with Crippen molar-refractivity contribution in [2.75, 3.05) is 13.1 Å². The van der Waals surface area contributed by atoms with Crippen molar-refractivity contribution >= 4 is 22.0 Å². The number of benzene rings is 2. The molecule has 1 aliphatic heterocycles. The summed E-state index contributed by atoms with van der Waals surface area (Å²) in [7, 11) is -3.61. The quantitative estimate of drug-likeness (QED) is 0.513. The molecule has 2 amide bonds. The average Bonchev–Trinajstić information content (AvgIpc) is 2.78. The molecule has 0 bridgehead atoms. The number of piperidine rings is 1. The molecule has 10 heteroatoms. The van der Waals surface area contributed by atoms with Crippen molar-refractivity contribution in [1.82, 2.24) is 19.7 Å². The molecule has 0 aromatic heterocycles. The third kappa shape index (κ3) is 8.12. The Hall–Kier alpha value is -2.82. The van der Waals surface area contributed by atoms with E-state index in [0.717, 1.165) is 5.56 Å². The smallest absolute Gasteiger partial charge is 0.279 e. The summed E-state index contributed by atoms with van der Waals surface area (Å²) in [6, 6.07) is 13.4. The van der Waals surface area contributed by atoms with E-state index in [1.807, 2.05) is 30.3 Å². The van der Waals surface area contributed by atoms with E-state index in [9.17, 15) is 22.4 Å². The summed E-state index contributed by atoms with van der Waals surface area (Å²) in [5.41, 5.74) is 0.542. The van der Waals surface area contributed by atoms with Gasteiger partial charge in [-0.15, -0.1) is 0 Å². The average molecular weight is 505 g/mol. The van der Waals surface area contributed by atoms with Crippen LogP contribution in [0.5, 0.6) is 0 Å². The molecule has 0 spiro atoms. The SMILES string of the molecule is CC(C)(C)NS(=O)(=O)N1CCC(NC(=O)[C@H](Cc2ccccc2)NC(=O)c2ccc(F)cc2)CC1. The minimum absolute atomic E-state index is 0.218. The number of carbonyl (C=O) groups is 2. The van der Waals surface area contributed by atoms with Gasteiger partial charge in [-0.3, -0.25) is 9.59 Å². The standard InChI is InChI=1S/C25H33FN4O4S/c1-25(2,3)29-35(33,34)30-15-13-21(14-16-30)27-24(32)22(17-18-7-5-4-6-8-18)28-23(31)19-9-11-20(26)12-10-19/h4-12,21-22,29H,13-17H2,1-3H3,(H,27,32)(H,28,31)/t22-/m0/s1. The van der Waals surface area contributed by atoms with Crippen LogP contribution < -0.4 is 15.4 Å². The van der Waals surface area contributed by atoms with Crippen LogP contribution in [0.4, 0.5) is 4.39 Å². The zero-order valence-electron chi connectivity index (χ0n) is 20.3. The number of nitrogens with zero attached hydrogens (tertiary/aromatic N) is 1. The van der Waals surface area contributed by atoms with Crippen LogP contribution in [-0.4, -0.2) is 55.2 Å². The molecule has 3 N–H and O–H groups in total. The van der Waals surface area contributed by atoms with Gasteiger partial charge in [0.05, 0.1) is 0 Å². The van der Waals surface area contributed by atoms with Gasteiger partial charge in [0, 0.05) is 36.7 Å². The maximum Gasteiger partial charge on any atom is 0.279 e. The number of halogens is 1. The topological polar surface area (TPSA) is 108 Å². The first kappa shape index (κ1) is 26.8. The van der Waals surface area contributed by atoms with E-state index in [2.05, 4.69) is 15.4 Å². The Morgan fingerprint density at radius 2 is 1.63 bits per heavy atom. The second-order valence-corrected chi connectivity index (χ2v) is 11.4. The summed E-state index contributed by atoms with van der Waals surface area (Å²) in [5, 5.41) is 5.73. The van der Waals surface area contributed by atoms with Crippen LogP contribution in [0.2, 0.25) is 0 Å². The Labute approximate surface area is 206 Å². The first-order valence-corrected chi connectivity index (χ1v) is 13.1. The zero-order valence-corrected chi connectivity index (χ0v) is 21.1.